The molecule has 0 saturated carbocycles. The summed E-state index contributed by atoms with van der Waals surface area (Å²) in [7, 11) is 6.55. The van der Waals surface area contributed by atoms with Crippen molar-refractivity contribution < 1.29 is 23.7 Å². The van der Waals surface area contributed by atoms with Gasteiger partial charge in [0.2, 0.25) is 0 Å². The molecule has 1 unspecified atom stereocenters. The molecule has 1 aliphatic rings. The van der Waals surface area contributed by atoms with E-state index in [1.165, 1.54) is 5.56 Å². The molecule has 0 amide bonds. The fourth-order valence-electron chi connectivity index (χ4n) is 4.19. The molecule has 1 heterocycles. The minimum absolute atomic E-state index is 0.618. The van der Waals surface area contributed by atoms with Crippen molar-refractivity contribution in [1.82, 2.24) is 0 Å². The Morgan fingerprint density at radius 1 is 0.719 bits per heavy atom. The highest BCUT2D eigenvalue weighted by molar-refractivity contribution is 5.83. The van der Waals surface area contributed by atoms with Crippen LogP contribution in [0.1, 0.15) is 29.2 Å². The van der Waals surface area contributed by atoms with E-state index in [9.17, 15) is 0 Å². The van der Waals surface area contributed by atoms with Crippen LogP contribution >= 0.6 is 0 Å². The Labute approximate surface area is 189 Å². The van der Waals surface area contributed by atoms with Crippen molar-refractivity contribution in [3.63, 3.8) is 0 Å². The minimum Gasteiger partial charge on any atom is -0.493 e. The van der Waals surface area contributed by atoms with E-state index < -0.39 is 5.60 Å². The molecular weight excluding hydrogens is 404 g/mol. The first-order chi connectivity index (χ1) is 15.5. The highest BCUT2D eigenvalue weighted by Gasteiger charge is 2.37. The van der Waals surface area contributed by atoms with E-state index in [0.717, 1.165) is 22.4 Å². The SMILES string of the molecule is COc1ccc(C2=Cc3cc(OC)c(OC)cc3C(C)(Cc3ccccc3)O2)cc1OC. The van der Waals surface area contributed by atoms with Crippen LogP contribution in [0.3, 0.4) is 0 Å². The molecule has 0 saturated heterocycles. The zero-order valence-corrected chi connectivity index (χ0v) is 19.1. The molecule has 0 spiro atoms. The Hall–Kier alpha value is -3.60. The Balaban J connectivity index is 1.86. The van der Waals surface area contributed by atoms with Gasteiger partial charge in [0.05, 0.1) is 28.4 Å². The van der Waals surface area contributed by atoms with Crippen LogP contribution in [-0.2, 0) is 16.8 Å². The molecule has 0 radical (unpaired) electrons. The number of hydrogen-bond donors (Lipinski definition) is 0. The van der Waals surface area contributed by atoms with E-state index in [4.69, 9.17) is 23.7 Å². The Bertz CT molecular complexity index is 1140. The number of ether oxygens (including phenoxy) is 5. The topological polar surface area (TPSA) is 46.2 Å². The van der Waals surface area contributed by atoms with Crippen molar-refractivity contribution in [3.05, 3.63) is 82.9 Å². The molecule has 0 fully saturated rings. The second kappa shape index (κ2) is 8.87. The maximum Gasteiger partial charge on any atom is 0.161 e. The van der Waals surface area contributed by atoms with Crippen LogP contribution in [0.15, 0.2) is 60.7 Å². The summed E-state index contributed by atoms with van der Waals surface area (Å²) in [5.41, 5.74) is 3.54. The van der Waals surface area contributed by atoms with Gasteiger partial charge in [-0.1, -0.05) is 30.3 Å². The van der Waals surface area contributed by atoms with Gasteiger partial charge in [0.25, 0.3) is 0 Å². The molecule has 1 atom stereocenters. The lowest BCUT2D eigenvalue weighted by Gasteiger charge is -2.37. The van der Waals surface area contributed by atoms with Crippen molar-refractivity contribution in [1.29, 1.82) is 0 Å². The van der Waals surface area contributed by atoms with Gasteiger partial charge in [-0.25, -0.2) is 0 Å². The summed E-state index contributed by atoms with van der Waals surface area (Å²) in [6, 6.07) is 20.1. The molecule has 0 bridgehead atoms. The number of rotatable bonds is 7. The first-order valence-corrected chi connectivity index (χ1v) is 10.4. The fraction of sp³-hybridized carbons (Fsp3) is 0.259. The van der Waals surface area contributed by atoms with Crippen LogP contribution in [0.25, 0.3) is 11.8 Å². The van der Waals surface area contributed by atoms with Crippen LogP contribution in [0.4, 0.5) is 0 Å². The molecular formula is C27H28O5. The molecule has 32 heavy (non-hydrogen) atoms. The second-order valence-electron chi connectivity index (χ2n) is 7.87. The number of fused-ring (bicyclic) bond motifs is 1. The maximum atomic E-state index is 6.70. The van der Waals surface area contributed by atoms with E-state index in [-0.39, 0.29) is 0 Å². The van der Waals surface area contributed by atoms with Gasteiger partial charge in [-0.3, -0.25) is 0 Å². The molecule has 5 heteroatoms. The first kappa shape index (κ1) is 21.6. The zero-order valence-electron chi connectivity index (χ0n) is 19.1. The van der Waals surface area contributed by atoms with E-state index in [1.54, 1.807) is 28.4 Å². The molecule has 3 aromatic rings. The largest absolute Gasteiger partial charge is 0.493 e. The minimum atomic E-state index is -0.618. The maximum absolute atomic E-state index is 6.70. The molecule has 4 rings (SSSR count). The average molecular weight is 433 g/mol. The summed E-state index contributed by atoms with van der Waals surface area (Å²) in [4.78, 5) is 0. The molecule has 1 aliphatic heterocycles. The standard InChI is InChI=1S/C27H28O5/c1-27(17-18-9-7-6-8-10-18)21-16-26(31-5)25(30-4)15-20(21)14-23(32-27)19-11-12-22(28-2)24(13-19)29-3/h6-16H,17H2,1-5H3. The van der Waals surface area contributed by atoms with Gasteiger partial charge < -0.3 is 23.7 Å². The van der Waals surface area contributed by atoms with Crippen LogP contribution in [-0.4, -0.2) is 28.4 Å². The summed E-state index contributed by atoms with van der Waals surface area (Å²) >= 11 is 0. The quantitative estimate of drug-likeness (QED) is 0.479. The molecule has 0 N–H and O–H groups in total. The van der Waals surface area contributed by atoms with Crippen molar-refractivity contribution in [2.24, 2.45) is 0 Å². The molecule has 0 aliphatic carbocycles. The van der Waals surface area contributed by atoms with E-state index >= 15 is 0 Å². The molecule has 5 nitrogen and oxygen atoms in total. The smallest absolute Gasteiger partial charge is 0.161 e. The van der Waals surface area contributed by atoms with Crippen LogP contribution in [0, 0.1) is 0 Å². The third kappa shape index (κ3) is 3.98. The van der Waals surface area contributed by atoms with Crippen molar-refractivity contribution in [3.8, 4) is 23.0 Å². The second-order valence-corrected chi connectivity index (χ2v) is 7.87. The Morgan fingerprint density at radius 3 is 2.00 bits per heavy atom. The van der Waals surface area contributed by atoms with Gasteiger partial charge in [0.15, 0.2) is 23.0 Å². The van der Waals surface area contributed by atoms with Crippen molar-refractivity contribution >= 4 is 11.8 Å². The lowest BCUT2D eigenvalue weighted by atomic mass is 9.83. The van der Waals surface area contributed by atoms with Gasteiger partial charge in [0, 0.05) is 17.5 Å². The van der Waals surface area contributed by atoms with Gasteiger partial charge in [-0.05, 0) is 54.5 Å². The van der Waals surface area contributed by atoms with Crippen molar-refractivity contribution in [2.75, 3.05) is 28.4 Å². The normalized spacial score (nSPS) is 17.0. The van der Waals surface area contributed by atoms with E-state index in [2.05, 4.69) is 19.1 Å². The summed E-state index contributed by atoms with van der Waals surface area (Å²) in [6.07, 6.45) is 2.73. The number of hydrogen-bond acceptors (Lipinski definition) is 5. The summed E-state index contributed by atoms with van der Waals surface area (Å²) < 4.78 is 28.8. The van der Waals surface area contributed by atoms with Gasteiger partial charge >= 0.3 is 0 Å². The third-order valence-electron chi connectivity index (χ3n) is 5.80. The third-order valence-corrected chi connectivity index (χ3v) is 5.80. The molecule has 3 aromatic carbocycles. The predicted octanol–water partition coefficient (Wildman–Crippen LogP) is 5.71. The number of benzene rings is 3. The van der Waals surface area contributed by atoms with Gasteiger partial charge in [-0.15, -0.1) is 0 Å². The summed E-state index contributed by atoms with van der Waals surface area (Å²) in [5.74, 6) is 3.43. The van der Waals surface area contributed by atoms with Crippen LogP contribution < -0.4 is 18.9 Å². The average Bonchev–Trinajstić information content (AvgIpc) is 2.83. The summed E-state index contributed by atoms with van der Waals surface area (Å²) in [6.45, 7) is 2.11. The zero-order chi connectivity index (χ0) is 22.7. The van der Waals surface area contributed by atoms with Crippen LogP contribution in [0.2, 0.25) is 0 Å². The van der Waals surface area contributed by atoms with E-state index in [0.29, 0.717) is 29.4 Å². The Kier molecular flexibility index (Phi) is 5.99. The molecule has 166 valence electrons. The predicted molar refractivity (Wildman–Crippen MR) is 126 cm³/mol. The van der Waals surface area contributed by atoms with Gasteiger partial charge in [0.1, 0.15) is 11.4 Å². The molecule has 0 aromatic heterocycles. The Morgan fingerprint density at radius 2 is 1.34 bits per heavy atom. The van der Waals surface area contributed by atoms with Gasteiger partial charge in [-0.2, -0.15) is 0 Å². The lowest BCUT2D eigenvalue weighted by molar-refractivity contribution is 0.0527. The van der Waals surface area contributed by atoms with Crippen LogP contribution in [0.5, 0.6) is 23.0 Å². The summed E-state index contributed by atoms with van der Waals surface area (Å²) in [5, 5.41) is 0. The number of methoxy groups -OCH3 is 4. The lowest BCUT2D eigenvalue weighted by Crippen LogP contribution is -2.31. The monoisotopic (exact) mass is 432 g/mol. The van der Waals surface area contributed by atoms with E-state index in [1.807, 2.05) is 54.6 Å². The fourth-order valence-corrected chi connectivity index (χ4v) is 4.19. The first-order valence-electron chi connectivity index (χ1n) is 10.4. The highest BCUT2D eigenvalue weighted by Crippen LogP contribution is 2.46. The highest BCUT2D eigenvalue weighted by atomic mass is 16.5. The van der Waals surface area contributed by atoms with Crippen molar-refractivity contribution in [2.45, 2.75) is 18.9 Å².